The molecule has 9 nitrogen and oxygen atoms in total. The first kappa shape index (κ1) is 24.7. The van der Waals surface area contributed by atoms with E-state index in [1.807, 2.05) is 35.8 Å². The molecule has 1 fully saturated rings. The molecule has 186 valence electrons. The van der Waals surface area contributed by atoms with Crippen LogP contribution in [-0.2, 0) is 27.2 Å². The van der Waals surface area contributed by atoms with Crippen LogP contribution in [0.5, 0.6) is 0 Å². The van der Waals surface area contributed by atoms with Crippen LogP contribution in [0.25, 0.3) is 11.0 Å². The monoisotopic (exact) mass is 480 g/mol. The predicted molar refractivity (Wildman–Crippen MR) is 134 cm³/mol. The highest BCUT2D eigenvalue weighted by Crippen LogP contribution is 2.34. The lowest BCUT2D eigenvalue weighted by molar-refractivity contribution is -0.119. The van der Waals surface area contributed by atoms with Gasteiger partial charge in [-0.15, -0.1) is 0 Å². The Kier molecular flexibility index (Phi) is 7.99. The van der Waals surface area contributed by atoms with E-state index in [4.69, 9.17) is 9.47 Å². The fraction of sp³-hybridized carbons (Fsp3) is 0.423. The van der Waals surface area contributed by atoms with Crippen LogP contribution < -0.4 is 10.6 Å². The number of nitrogens with zero attached hydrogens (tertiary/aromatic N) is 2. The summed E-state index contributed by atoms with van der Waals surface area (Å²) in [5, 5.41) is 16.2. The third-order valence-electron chi connectivity index (χ3n) is 6.20. The van der Waals surface area contributed by atoms with Crippen molar-refractivity contribution in [2.45, 2.75) is 38.8 Å². The number of aromatic nitrogens is 2. The molecule has 1 aromatic carbocycles. The zero-order valence-electron chi connectivity index (χ0n) is 20.1. The largest absolute Gasteiger partial charge is 0.464 e. The summed E-state index contributed by atoms with van der Waals surface area (Å²) < 4.78 is 12.3. The molecule has 1 saturated heterocycles. The van der Waals surface area contributed by atoms with Crippen LogP contribution >= 0.6 is 0 Å². The Morgan fingerprint density at radius 3 is 2.80 bits per heavy atom. The normalized spacial score (nSPS) is 16.3. The van der Waals surface area contributed by atoms with E-state index in [0.29, 0.717) is 48.6 Å². The van der Waals surface area contributed by atoms with E-state index in [9.17, 15) is 14.7 Å². The van der Waals surface area contributed by atoms with E-state index in [0.717, 1.165) is 12.8 Å². The number of carbonyl (C=O) groups excluding carboxylic acids is 2. The number of hydrogen-bond donors (Lipinski definition) is 3. The van der Waals surface area contributed by atoms with Crippen LogP contribution in [0, 0.1) is 5.92 Å². The second-order valence-electron chi connectivity index (χ2n) is 8.83. The van der Waals surface area contributed by atoms with Gasteiger partial charge < -0.3 is 29.8 Å². The van der Waals surface area contributed by atoms with Gasteiger partial charge in [0.15, 0.2) is 5.69 Å². The molecule has 3 heterocycles. The number of carbonyl (C=O) groups is 2. The van der Waals surface area contributed by atoms with Crippen molar-refractivity contribution in [2.24, 2.45) is 5.92 Å². The van der Waals surface area contributed by atoms with Crippen molar-refractivity contribution in [3.63, 3.8) is 0 Å². The molecular formula is C26H32N4O5. The first-order chi connectivity index (χ1) is 17.0. The number of anilines is 2. The number of rotatable bonds is 10. The van der Waals surface area contributed by atoms with Crippen molar-refractivity contribution < 1.29 is 24.2 Å². The second kappa shape index (κ2) is 11.3. The molecule has 0 saturated carbocycles. The minimum atomic E-state index is -0.543. The molecular weight excluding hydrogens is 448 g/mol. The Morgan fingerprint density at radius 1 is 1.31 bits per heavy atom. The summed E-state index contributed by atoms with van der Waals surface area (Å²) in [5.74, 6) is -1.02. The standard InChI is InChI=1S/C26H32N4O5/c1-17(15-31)28-20-13-21-22(29-25(32)19-10-12-35-16-19)23(26(33)34-2)30(24(21)27-14-20)11-6-9-18-7-4-3-5-8-18/h3-5,7-8,13-14,17,19,28,31H,6,9-12,15-16H2,1-2H3,(H,29,32)/t17-,19+/m0/s1. The molecule has 35 heavy (non-hydrogen) atoms. The molecule has 1 aliphatic heterocycles. The number of esters is 1. The topological polar surface area (TPSA) is 115 Å². The van der Waals surface area contributed by atoms with Crippen LogP contribution in [0.1, 0.15) is 35.8 Å². The number of benzene rings is 1. The van der Waals surface area contributed by atoms with Gasteiger partial charge in [0.05, 0.1) is 43.8 Å². The molecule has 1 aliphatic rings. The van der Waals surface area contributed by atoms with Crippen molar-refractivity contribution in [1.29, 1.82) is 0 Å². The summed E-state index contributed by atoms with van der Waals surface area (Å²) in [6, 6.07) is 11.8. The molecule has 4 rings (SSSR count). The highest BCUT2D eigenvalue weighted by atomic mass is 16.5. The fourth-order valence-corrected chi connectivity index (χ4v) is 4.34. The highest BCUT2D eigenvalue weighted by Gasteiger charge is 2.29. The molecule has 2 aromatic heterocycles. The summed E-state index contributed by atoms with van der Waals surface area (Å²) in [5.41, 5.74) is 3.12. The third kappa shape index (κ3) is 5.63. The van der Waals surface area contributed by atoms with Gasteiger partial charge in [0.25, 0.3) is 0 Å². The Labute approximate surface area is 204 Å². The molecule has 0 bridgehead atoms. The smallest absolute Gasteiger partial charge is 0.356 e. The Bertz CT molecular complexity index is 1170. The van der Waals surface area contributed by atoms with Crippen LogP contribution in [0.15, 0.2) is 42.6 Å². The number of amides is 1. The maximum absolute atomic E-state index is 13.0. The molecule has 1 amide bonds. The lowest BCUT2D eigenvalue weighted by Crippen LogP contribution is -2.24. The van der Waals surface area contributed by atoms with Crippen molar-refractivity contribution >= 4 is 34.3 Å². The van der Waals surface area contributed by atoms with Crippen molar-refractivity contribution in [3.05, 3.63) is 53.9 Å². The van der Waals surface area contributed by atoms with Crippen LogP contribution in [0.3, 0.4) is 0 Å². The molecule has 2 atom stereocenters. The summed E-state index contributed by atoms with van der Waals surface area (Å²) in [6.07, 6.45) is 3.90. The number of ether oxygens (including phenoxy) is 2. The Hall–Kier alpha value is -3.43. The van der Waals surface area contributed by atoms with Gasteiger partial charge in [-0.2, -0.15) is 0 Å². The Morgan fingerprint density at radius 2 is 2.11 bits per heavy atom. The van der Waals surface area contributed by atoms with E-state index in [1.165, 1.54) is 12.7 Å². The van der Waals surface area contributed by atoms with Gasteiger partial charge in [-0.25, -0.2) is 9.78 Å². The number of aliphatic hydroxyl groups is 1. The molecule has 3 aromatic rings. The van der Waals surface area contributed by atoms with E-state index in [-0.39, 0.29) is 30.2 Å². The van der Waals surface area contributed by atoms with Gasteiger partial charge >= 0.3 is 5.97 Å². The van der Waals surface area contributed by atoms with E-state index in [1.54, 1.807) is 6.20 Å². The van der Waals surface area contributed by atoms with Gasteiger partial charge in [0.2, 0.25) is 5.91 Å². The number of aryl methyl sites for hydroxylation is 2. The zero-order chi connectivity index (χ0) is 24.8. The van der Waals surface area contributed by atoms with Gasteiger partial charge in [0, 0.05) is 24.6 Å². The van der Waals surface area contributed by atoms with Crippen molar-refractivity contribution in [3.8, 4) is 0 Å². The van der Waals surface area contributed by atoms with E-state index >= 15 is 0 Å². The SMILES string of the molecule is COC(=O)c1c(NC(=O)[C@@H]2CCOC2)c2cc(N[C@@H](C)CO)cnc2n1CCCc1ccccc1. The highest BCUT2D eigenvalue weighted by molar-refractivity contribution is 6.11. The number of hydrogen-bond acceptors (Lipinski definition) is 7. The minimum Gasteiger partial charge on any atom is -0.464 e. The zero-order valence-corrected chi connectivity index (χ0v) is 20.1. The molecule has 0 unspecified atom stereocenters. The summed E-state index contributed by atoms with van der Waals surface area (Å²) in [7, 11) is 1.33. The van der Waals surface area contributed by atoms with Gasteiger partial charge in [0.1, 0.15) is 5.65 Å². The fourth-order valence-electron chi connectivity index (χ4n) is 4.34. The lowest BCUT2D eigenvalue weighted by Gasteiger charge is -2.13. The predicted octanol–water partition coefficient (Wildman–Crippen LogP) is 3.22. The Balaban J connectivity index is 1.74. The maximum atomic E-state index is 13.0. The number of fused-ring (bicyclic) bond motifs is 1. The summed E-state index contributed by atoms with van der Waals surface area (Å²) in [4.78, 5) is 30.6. The van der Waals surface area contributed by atoms with Gasteiger partial charge in [-0.05, 0) is 37.8 Å². The molecule has 0 aliphatic carbocycles. The number of pyridine rings is 1. The summed E-state index contributed by atoms with van der Waals surface area (Å²) in [6.45, 7) is 3.22. The summed E-state index contributed by atoms with van der Waals surface area (Å²) >= 11 is 0. The number of aliphatic hydroxyl groups excluding tert-OH is 1. The van der Waals surface area contributed by atoms with E-state index in [2.05, 4.69) is 27.8 Å². The maximum Gasteiger partial charge on any atom is 0.356 e. The average molecular weight is 481 g/mol. The number of nitrogens with one attached hydrogen (secondary N) is 2. The second-order valence-corrected chi connectivity index (χ2v) is 8.83. The first-order valence-electron chi connectivity index (χ1n) is 11.9. The van der Waals surface area contributed by atoms with E-state index < -0.39 is 5.97 Å². The molecule has 0 radical (unpaired) electrons. The molecule has 3 N–H and O–H groups in total. The van der Waals surface area contributed by atoms with Crippen LogP contribution in [-0.4, -0.2) is 59.5 Å². The van der Waals surface area contributed by atoms with Crippen LogP contribution in [0.2, 0.25) is 0 Å². The van der Waals surface area contributed by atoms with Crippen molar-refractivity contribution in [1.82, 2.24) is 9.55 Å². The average Bonchev–Trinajstić information content (AvgIpc) is 3.52. The molecule has 0 spiro atoms. The van der Waals surface area contributed by atoms with Crippen LogP contribution in [0.4, 0.5) is 11.4 Å². The lowest BCUT2D eigenvalue weighted by atomic mass is 10.1. The quantitative estimate of drug-likeness (QED) is 0.382. The third-order valence-corrected chi connectivity index (χ3v) is 6.20. The number of methoxy groups -OCH3 is 1. The minimum absolute atomic E-state index is 0.0444. The first-order valence-corrected chi connectivity index (χ1v) is 11.9. The van der Waals surface area contributed by atoms with Gasteiger partial charge in [-0.1, -0.05) is 30.3 Å². The van der Waals surface area contributed by atoms with Gasteiger partial charge in [-0.3, -0.25) is 4.79 Å². The molecule has 9 heteroatoms. The van der Waals surface area contributed by atoms with Crippen molar-refractivity contribution in [2.75, 3.05) is 37.6 Å².